The Labute approximate surface area is 307 Å². The second kappa shape index (κ2) is 20.4. The van der Waals surface area contributed by atoms with Gasteiger partial charge in [0.1, 0.15) is 18.1 Å². The van der Waals surface area contributed by atoms with E-state index in [1.165, 1.54) is 24.3 Å². The average Bonchev–Trinajstić information content (AvgIpc) is 3.46. The molecule has 3 rings (SSSR count). The highest BCUT2D eigenvalue weighted by molar-refractivity contribution is 6.06. The van der Waals surface area contributed by atoms with E-state index in [0.29, 0.717) is 19.5 Å². The van der Waals surface area contributed by atoms with Gasteiger partial charge in [-0.2, -0.15) is 0 Å². The lowest BCUT2D eigenvalue weighted by Crippen LogP contribution is -2.57. The minimum Gasteiger partial charge on any atom is -0.370 e. The number of aliphatic imine (C=N–C) groups is 1. The van der Waals surface area contributed by atoms with Gasteiger partial charge in [0, 0.05) is 56.7 Å². The number of likely N-dealkylation sites (tertiary alicyclic amines) is 2. The number of piperidine rings is 1. The monoisotopic (exact) mass is 742 g/mol. The van der Waals surface area contributed by atoms with E-state index in [1.54, 1.807) is 18.7 Å². The standard InChI is InChI=1S/C34H50N10O9/c1-3-21(2)30(43-28(47)15-16-29(43)48)33(51)41-25(13-14-27(46)42-18-5-4-6-19-42)31(49)38-20-26(45)40-24(8-7-17-37-34(35)36)32(50)39-22-9-11-23(12-10-22)44(52)53/h9-12,21,24-25,30H,3-8,13-20H2,1-2H3,(H,38,49)(H,39,50)(H,40,45)(H,41,51)(H4,35,36,37)/t21-,24-,25-,30-/m0/s1. The smallest absolute Gasteiger partial charge is 0.269 e. The van der Waals surface area contributed by atoms with Gasteiger partial charge in [0.15, 0.2) is 5.96 Å². The third-order valence-electron chi connectivity index (χ3n) is 9.17. The Morgan fingerprint density at radius 1 is 0.906 bits per heavy atom. The van der Waals surface area contributed by atoms with Crippen LogP contribution in [0.25, 0.3) is 0 Å². The van der Waals surface area contributed by atoms with Gasteiger partial charge in [0.2, 0.25) is 41.4 Å². The van der Waals surface area contributed by atoms with Crippen molar-refractivity contribution in [2.45, 2.75) is 96.2 Å². The van der Waals surface area contributed by atoms with Crippen LogP contribution < -0.4 is 32.7 Å². The molecule has 0 spiro atoms. The third-order valence-corrected chi connectivity index (χ3v) is 9.17. The topological polar surface area (TPSA) is 282 Å². The molecule has 7 amide bonds. The third kappa shape index (κ3) is 12.8. The number of nitrogens with two attached hydrogens (primary N) is 2. The number of nitro groups is 1. The van der Waals surface area contributed by atoms with E-state index >= 15 is 0 Å². The molecule has 1 aromatic carbocycles. The van der Waals surface area contributed by atoms with Crippen molar-refractivity contribution in [3.63, 3.8) is 0 Å². The van der Waals surface area contributed by atoms with Crippen molar-refractivity contribution in [1.82, 2.24) is 25.8 Å². The van der Waals surface area contributed by atoms with E-state index < -0.39 is 71.0 Å². The first-order valence-electron chi connectivity index (χ1n) is 17.8. The number of rotatable bonds is 19. The number of guanidine groups is 1. The number of nitrogens with zero attached hydrogens (tertiary/aromatic N) is 4. The number of benzene rings is 1. The highest BCUT2D eigenvalue weighted by atomic mass is 16.6. The van der Waals surface area contributed by atoms with Crippen molar-refractivity contribution < 1.29 is 38.5 Å². The highest BCUT2D eigenvalue weighted by Gasteiger charge is 2.42. The number of carbonyl (C=O) groups excluding carboxylic acids is 7. The Kier molecular flexibility index (Phi) is 16.1. The zero-order valence-corrected chi connectivity index (χ0v) is 30.1. The van der Waals surface area contributed by atoms with Crippen LogP contribution in [0.4, 0.5) is 11.4 Å². The molecule has 2 heterocycles. The summed E-state index contributed by atoms with van der Waals surface area (Å²) in [6.45, 7) is 4.23. The molecule has 2 fully saturated rings. The normalized spacial score (nSPS) is 16.5. The van der Waals surface area contributed by atoms with Crippen LogP contribution in [0.1, 0.15) is 78.1 Å². The SMILES string of the molecule is CC[C@H](C)[C@@H](C(=O)N[C@@H](CCC(=O)N1CCCCC1)C(=O)NCC(=O)N[C@@H](CCCN=C(N)N)C(=O)Nc1ccc([N+](=O)[O-])cc1)N1C(=O)CCC1=O. The fraction of sp³-hybridized carbons (Fsp3) is 0.588. The van der Waals surface area contributed by atoms with Gasteiger partial charge in [0.05, 0.1) is 11.5 Å². The fourth-order valence-electron chi connectivity index (χ4n) is 6.06. The molecule has 2 aliphatic rings. The Morgan fingerprint density at radius 3 is 2.11 bits per heavy atom. The largest absolute Gasteiger partial charge is 0.370 e. The van der Waals surface area contributed by atoms with Crippen LogP contribution in [0.3, 0.4) is 0 Å². The van der Waals surface area contributed by atoms with Gasteiger partial charge in [-0.05, 0) is 56.6 Å². The Morgan fingerprint density at radius 2 is 1.53 bits per heavy atom. The summed E-state index contributed by atoms with van der Waals surface area (Å²) in [4.78, 5) is 109. The number of amides is 7. The Bertz CT molecular complexity index is 1530. The molecule has 0 radical (unpaired) electrons. The van der Waals surface area contributed by atoms with E-state index in [1.807, 2.05) is 0 Å². The van der Waals surface area contributed by atoms with Crippen LogP contribution >= 0.6 is 0 Å². The minimum absolute atomic E-state index is 0.0242. The maximum absolute atomic E-state index is 13.7. The summed E-state index contributed by atoms with van der Waals surface area (Å²) in [5.41, 5.74) is 10.8. The quantitative estimate of drug-likeness (QED) is 0.0275. The molecule has 53 heavy (non-hydrogen) atoms. The summed E-state index contributed by atoms with van der Waals surface area (Å²) in [6, 6.07) is 1.48. The molecule has 1 aromatic rings. The second-order valence-electron chi connectivity index (χ2n) is 13.1. The van der Waals surface area contributed by atoms with Crippen molar-refractivity contribution in [3.8, 4) is 0 Å². The minimum atomic E-state index is -1.30. The summed E-state index contributed by atoms with van der Waals surface area (Å²) in [6.07, 6.45) is 3.29. The maximum atomic E-state index is 13.7. The molecule has 0 aromatic heterocycles. The summed E-state index contributed by atoms with van der Waals surface area (Å²) in [7, 11) is 0. The number of nitro benzene ring substituents is 1. The van der Waals surface area contributed by atoms with Gasteiger partial charge >= 0.3 is 0 Å². The van der Waals surface area contributed by atoms with Gasteiger partial charge in [-0.1, -0.05) is 20.3 Å². The van der Waals surface area contributed by atoms with Crippen LogP contribution in [-0.4, -0.2) is 106 Å². The van der Waals surface area contributed by atoms with Gasteiger partial charge in [-0.25, -0.2) is 0 Å². The summed E-state index contributed by atoms with van der Waals surface area (Å²) in [5, 5.41) is 21.2. The van der Waals surface area contributed by atoms with E-state index in [9.17, 15) is 43.7 Å². The summed E-state index contributed by atoms with van der Waals surface area (Å²) < 4.78 is 0. The second-order valence-corrected chi connectivity index (χ2v) is 13.1. The van der Waals surface area contributed by atoms with E-state index in [-0.39, 0.29) is 68.3 Å². The molecule has 2 saturated heterocycles. The van der Waals surface area contributed by atoms with Crippen LogP contribution in [0.5, 0.6) is 0 Å². The van der Waals surface area contributed by atoms with Gasteiger partial charge in [-0.15, -0.1) is 0 Å². The number of anilines is 1. The number of nitrogens with one attached hydrogen (secondary N) is 4. The summed E-state index contributed by atoms with van der Waals surface area (Å²) >= 11 is 0. The number of imide groups is 1. The highest BCUT2D eigenvalue weighted by Crippen LogP contribution is 2.23. The zero-order valence-electron chi connectivity index (χ0n) is 30.1. The molecule has 290 valence electrons. The first kappa shape index (κ1) is 41.8. The molecule has 19 heteroatoms. The summed E-state index contributed by atoms with van der Waals surface area (Å²) in [5.74, 6) is -4.69. The lowest BCUT2D eigenvalue weighted by atomic mass is 9.96. The lowest BCUT2D eigenvalue weighted by Gasteiger charge is -2.31. The lowest BCUT2D eigenvalue weighted by molar-refractivity contribution is -0.384. The zero-order chi connectivity index (χ0) is 39.1. The number of hydrogen-bond acceptors (Lipinski definition) is 10. The number of hydrogen-bond donors (Lipinski definition) is 6. The Hall–Kier alpha value is -5.62. The van der Waals surface area contributed by atoms with Crippen molar-refractivity contribution in [2.24, 2.45) is 22.4 Å². The number of non-ortho nitro benzene ring substituents is 1. The van der Waals surface area contributed by atoms with Crippen LogP contribution in [0, 0.1) is 16.0 Å². The molecule has 0 unspecified atom stereocenters. The molecule has 19 nitrogen and oxygen atoms in total. The fourth-order valence-corrected chi connectivity index (χ4v) is 6.06. The van der Waals surface area contributed by atoms with Crippen LogP contribution in [0.15, 0.2) is 29.3 Å². The van der Waals surface area contributed by atoms with E-state index in [2.05, 4.69) is 26.3 Å². The van der Waals surface area contributed by atoms with Gasteiger partial charge in [-0.3, -0.25) is 53.6 Å². The van der Waals surface area contributed by atoms with E-state index in [0.717, 1.165) is 24.2 Å². The van der Waals surface area contributed by atoms with Gasteiger partial charge in [0.25, 0.3) is 5.69 Å². The van der Waals surface area contributed by atoms with Gasteiger partial charge < -0.3 is 37.6 Å². The van der Waals surface area contributed by atoms with Crippen molar-refractivity contribution >= 4 is 58.7 Å². The molecule has 4 atom stereocenters. The first-order valence-corrected chi connectivity index (χ1v) is 17.8. The number of carbonyl (C=O) groups is 7. The maximum Gasteiger partial charge on any atom is 0.269 e. The van der Waals surface area contributed by atoms with E-state index in [4.69, 9.17) is 11.5 Å². The van der Waals surface area contributed by atoms with Crippen molar-refractivity contribution in [2.75, 3.05) is 31.5 Å². The molecule has 2 aliphatic heterocycles. The first-order chi connectivity index (χ1) is 25.2. The van der Waals surface area contributed by atoms with Crippen LogP contribution in [0.2, 0.25) is 0 Å². The van der Waals surface area contributed by atoms with Crippen molar-refractivity contribution in [1.29, 1.82) is 0 Å². The van der Waals surface area contributed by atoms with Crippen LogP contribution in [-0.2, 0) is 33.6 Å². The molecular weight excluding hydrogens is 692 g/mol. The predicted molar refractivity (Wildman–Crippen MR) is 193 cm³/mol. The molecule has 8 N–H and O–H groups in total. The Balaban J connectivity index is 1.72. The molecule has 0 saturated carbocycles. The predicted octanol–water partition coefficient (Wildman–Crippen LogP) is 0.0291. The average molecular weight is 743 g/mol. The van der Waals surface area contributed by atoms with Crippen molar-refractivity contribution in [3.05, 3.63) is 34.4 Å². The molecule has 0 aliphatic carbocycles. The molecular formula is C34H50N10O9. The molecule has 0 bridgehead atoms.